The molecule has 2 N–H and O–H groups in total. The molecular weight excluding hydrogens is 380 g/mol. The maximum Gasteiger partial charge on any atom is 0.414 e. The van der Waals surface area contributed by atoms with Gasteiger partial charge in [-0.15, -0.1) is 0 Å². The minimum atomic E-state index is -0.361. The zero-order chi connectivity index (χ0) is 21.3. The number of rotatable bonds is 5. The van der Waals surface area contributed by atoms with E-state index in [1.165, 1.54) is 7.11 Å². The standard InChI is InChI=1S/C23H26N4O3/c1-15-8-9-17-18(27(15)23(29)30-2)10-11-19-22(17)25-21(26(19)13-12-20(24)28)14-16-6-4-3-5-7-16/h3-7,10-11,15H,8-9,12-14H2,1-2H3,(H2,24,28)/t15-/m0/s1. The van der Waals surface area contributed by atoms with Crippen LogP contribution >= 0.6 is 0 Å². The molecule has 0 aliphatic carbocycles. The fourth-order valence-electron chi connectivity index (χ4n) is 4.24. The number of hydrogen-bond donors (Lipinski definition) is 1. The van der Waals surface area contributed by atoms with Crippen LogP contribution in [0.15, 0.2) is 42.5 Å². The lowest BCUT2D eigenvalue weighted by molar-refractivity contribution is -0.118. The zero-order valence-corrected chi connectivity index (χ0v) is 17.3. The summed E-state index contributed by atoms with van der Waals surface area (Å²) in [5.74, 6) is 0.542. The first-order valence-corrected chi connectivity index (χ1v) is 10.2. The van der Waals surface area contributed by atoms with Gasteiger partial charge >= 0.3 is 6.09 Å². The van der Waals surface area contributed by atoms with Gasteiger partial charge in [0.2, 0.25) is 5.91 Å². The minimum Gasteiger partial charge on any atom is -0.452 e. The molecule has 7 nitrogen and oxygen atoms in total. The smallest absolute Gasteiger partial charge is 0.414 e. The molecule has 1 aliphatic heterocycles. The number of aromatic nitrogens is 2. The average molecular weight is 406 g/mol. The predicted molar refractivity (Wildman–Crippen MR) is 115 cm³/mol. The van der Waals surface area contributed by atoms with Gasteiger partial charge in [0.05, 0.1) is 23.8 Å². The summed E-state index contributed by atoms with van der Waals surface area (Å²) in [6, 6.07) is 14.1. The molecule has 2 heterocycles. The lowest BCUT2D eigenvalue weighted by Crippen LogP contribution is -2.42. The lowest BCUT2D eigenvalue weighted by atomic mass is 9.96. The largest absolute Gasteiger partial charge is 0.452 e. The number of methoxy groups -OCH3 is 1. The Morgan fingerprint density at radius 2 is 1.97 bits per heavy atom. The Morgan fingerprint density at radius 1 is 1.20 bits per heavy atom. The molecule has 2 aromatic carbocycles. The van der Waals surface area contributed by atoms with Crippen molar-refractivity contribution in [2.75, 3.05) is 12.0 Å². The van der Waals surface area contributed by atoms with Crippen LogP contribution in [0.3, 0.4) is 0 Å². The van der Waals surface area contributed by atoms with Crippen molar-refractivity contribution in [3.8, 4) is 0 Å². The Bertz CT molecular complexity index is 1090. The van der Waals surface area contributed by atoms with Gasteiger partial charge in [0.1, 0.15) is 5.82 Å². The number of carbonyl (C=O) groups is 2. The van der Waals surface area contributed by atoms with Gasteiger partial charge in [0.25, 0.3) is 0 Å². The Balaban J connectivity index is 1.84. The molecule has 7 heteroatoms. The fourth-order valence-corrected chi connectivity index (χ4v) is 4.24. The molecule has 0 spiro atoms. The van der Waals surface area contributed by atoms with Gasteiger partial charge < -0.3 is 15.0 Å². The number of ether oxygens (including phenoxy) is 1. The summed E-state index contributed by atoms with van der Waals surface area (Å²) in [6.45, 7) is 2.50. The van der Waals surface area contributed by atoms with Crippen molar-refractivity contribution >= 4 is 28.7 Å². The molecule has 0 bridgehead atoms. The fraction of sp³-hybridized carbons (Fsp3) is 0.348. The molecule has 30 heavy (non-hydrogen) atoms. The van der Waals surface area contributed by atoms with E-state index in [9.17, 15) is 9.59 Å². The number of fused-ring (bicyclic) bond motifs is 3. The molecular formula is C23H26N4O3. The van der Waals surface area contributed by atoms with Crippen LogP contribution in [-0.4, -0.2) is 34.7 Å². The van der Waals surface area contributed by atoms with Crippen LogP contribution in [-0.2, 0) is 28.9 Å². The first-order chi connectivity index (χ1) is 14.5. The molecule has 3 aromatic rings. The summed E-state index contributed by atoms with van der Waals surface area (Å²) in [7, 11) is 1.40. The number of amides is 2. The van der Waals surface area contributed by atoms with E-state index < -0.39 is 0 Å². The van der Waals surface area contributed by atoms with Crippen molar-refractivity contribution < 1.29 is 14.3 Å². The Labute approximate surface area is 175 Å². The highest BCUT2D eigenvalue weighted by atomic mass is 16.5. The van der Waals surface area contributed by atoms with E-state index in [0.29, 0.717) is 13.0 Å². The summed E-state index contributed by atoms with van der Waals surface area (Å²) in [5.41, 5.74) is 10.3. The Kier molecular flexibility index (Phi) is 5.44. The molecule has 0 unspecified atom stereocenters. The van der Waals surface area contributed by atoms with Crippen molar-refractivity contribution in [1.29, 1.82) is 0 Å². The number of hydrogen-bond acceptors (Lipinski definition) is 4. The quantitative estimate of drug-likeness (QED) is 0.703. The van der Waals surface area contributed by atoms with Crippen molar-refractivity contribution in [2.45, 2.75) is 45.2 Å². The molecule has 0 fully saturated rings. The van der Waals surface area contributed by atoms with Gasteiger partial charge in [-0.25, -0.2) is 9.78 Å². The lowest BCUT2D eigenvalue weighted by Gasteiger charge is -2.34. The molecule has 1 atom stereocenters. The summed E-state index contributed by atoms with van der Waals surface area (Å²) >= 11 is 0. The summed E-state index contributed by atoms with van der Waals surface area (Å²) in [5, 5.41) is 0. The maximum atomic E-state index is 12.4. The highest BCUT2D eigenvalue weighted by Gasteiger charge is 2.31. The monoisotopic (exact) mass is 406 g/mol. The van der Waals surface area contributed by atoms with Crippen LogP contribution in [0.25, 0.3) is 11.0 Å². The third-order valence-corrected chi connectivity index (χ3v) is 5.75. The van der Waals surface area contributed by atoms with Crippen molar-refractivity contribution in [2.24, 2.45) is 5.73 Å². The Hall–Kier alpha value is -3.35. The van der Waals surface area contributed by atoms with E-state index in [-0.39, 0.29) is 24.5 Å². The second-order valence-electron chi connectivity index (χ2n) is 7.72. The number of primary amides is 1. The van der Waals surface area contributed by atoms with Gasteiger partial charge in [-0.2, -0.15) is 0 Å². The van der Waals surface area contributed by atoms with E-state index in [1.807, 2.05) is 37.3 Å². The second-order valence-corrected chi connectivity index (χ2v) is 7.72. The van der Waals surface area contributed by atoms with Crippen LogP contribution in [0.2, 0.25) is 0 Å². The molecule has 1 aliphatic rings. The van der Waals surface area contributed by atoms with Gasteiger partial charge in [0, 0.05) is 31.0 Å². The second kappa shape index (κ2) is 8.18. The number of imidazole rings is 1. The number of aryl methyl sites for hydroxylation is 2. The average Bonchev–Trinajstić information content (AvgIpc) is 3.09. The van der Waals surface area contributed by atoms with Crippen molar-refractivity contribution in [1.82, 2.24) is 9.55 Å². The van der Waals surface area contributed by atoms with E-state index in [4.69, 9.17) is 15.5 Å². The molecule has 0 saturated carbocycles. The van der Waals surface area contributed by atoms with Gasteiger partial charge in [-0.05, 0) is 37.5 Å². The molecule has 0 radical (unpaired) electrons. The van der Waals surface area contributed by atoms with Gasteiger partial charge in [0.15, 0.2) is 0 Å². The highest BCUT2D eigenvalue weighted by Crippen LogP contribution is 2.36. The predicted octanol–water partition coefficient (Wildman–Crippen LogP) is 3.41. The van der Waals surface area contributed by atoms with Crippen LogP contribution in [0.5, 0.6) is 0 Å². The Morgan fingerprint density at radius 3 is 2.67 bits per heavy atom. The van der Waals surface area contributed by atoms with Gasteiger partial charge in [-0.3, -0.25) is 9.69 Å². The van der Waals surface area contributed by atoms with Crippen LogP contribution in [0, 0.1) is 0 Å². The number of nitrogens with zero attached hydrogens (tertiary/aromatic N) is 3. The molecule has 156 valence electrons. The normalized spacial score (nSPS) is 15.8. The van der Waals surface area contributed by atoms with Crippen LogP contribution < -0.4 is 10.6 Å². The number of nitrogens with two attached hydrogens (primary N) is 1. The zero-order valence-electron chi connectivity index (χ0n) is 17.3. The SMILES string of the molecule is COC(=O)N1c2ccc3c(nc(Cc4ccccc4)n3CCC(N)=O)c2CC[C@@H]1C. The first kappa shape index (κ1) is 19.9. The van der Waals surface area contributed by atoms with Crippen LogP contribution in [0.1, 0.15) is 36.7 Å². The third-order valence-electron chi connectivity index (χ3n) is 5.75. The minimum absolute atomic E-state index is 0.0585. The van der Waals surface area contributed by atoms with Gasteiger partial charge in [-0.1, -0.05) is 30.3 Å². The maximum absolute atomic E-state index is 12.4. The first-order valence-electron chi connectivity index (χ1n) is 10.2. The van der Waals surface area contributed by atoms with E-state index >= 15 is 0 Å². The molecule has 4 rings (SSSR count). The van der Waals surface area contributed by atoms with Crippen molar-refractivity contribution in [3.05, 3.63) is 59.4 Å². The number of carbonyl (C=O) groups excluding carboxylic acids is 2. The highest BCUT2D eigenvalue weighted by molar-refractivity contribution is 5.95. The topological polar surface area (TPSA) is 90.4 Å². The van der Waals surface area contributed by atoms with E-state index in [0.717, 1.165) is 46.5 Å². The van der Waals surface area contributed by atoms with Crippen molar-refractivity contribution in [3.63, 3.8) is 0 Å². The van der Waals surface area contributed by atoms with E-state index in [2.05, 4.69) is 16.7 Å². The molecule has 2 amide bonds. The summed E-state index contributed by atoms with van der Waals surface area (Å²) in [4.78, 5) is 30.5. The molecule has 0 saturated heterocycles. The third kappa shape index (κ3) is 3.63. The van der Waals surface area contributed by atoms with E-state index in [1.54, 1.807) is 4.90 Å². The number of anilines is 1. The summed E-state index contributed by atoms with van der Waals surface area (Å²) in [6.07, 6.45) is 2.21. The number of benzene rings is 2. The summed E-state index contributed by atoms with van der Waals surface area (Å²) < 4.78 is 7.09. The molecule has 1 aromatic heterocycles. The van der Waals surface area contributed by atoms with Crippen LogP contribution in [0.4, 0.5) is 10.5 Å².